The molecule has 0 unspecified atom stereocenters. The summed E-state index contributed by atoms with van der Waals surface area (Å²) in [6.07, 6.45) is 0.799. The van der Waals surface area contributed by atoms with Crippen molar-refractivity contribution in [3.05, 3.63) is 0 Å². The van der Waals surface area contributed by atoms with Gasteiger partial charge in [0.25, 0.3) is 0 Å². The number of rotatable bonds is 7. The molecule has 0 amide bonds. The van der Waals surface area contributed by atoms with E-state index >= 15 is 0 Å². The van der Waals surface area contributed by atoms with Crippen LogP contribution in [0.15, 0.2) is 5.16 Å². The van der Waals surface area contributed by atoms with E-state index in [4.69, 9.17) is 9.68 Å². The summed E-state index contributed by atoms with van der Waals surface area (Å²) < 4.78 is 0. The predicted octanol–water partition coefficient (Wildman–Crippen LogP) is 2.11. The zero-order valence-corrected chi connectivity index (χ0v) is 9.89. The van der Waals surface area contributed by atoms with Gasteiger partial charge in [-0.1, -0.05) is 5.16 Å². The molecule has 0 atom stereocenters. The average molecular weight is 202 g/mol. The van der Waals surface area contributed by atoms with Gasteiger partial charge in [-0.15, -0.1) is 0 Å². The average Bonchev–Trinajstić information content (AvgIpc) is 2.11. The second-order valence-electron chi connectivity index (χ2n) is 3.84. The zero-order chi connectivity index (χ0) is 11.0. The van der Waals surface area contributed by atoms with Crippen molar-refractivity contribution in [1.82, 2.24) is 5.48 Å². The number of hydrogen-bond acceptors (Lipinski definition) is 4. The van der Waals surface area contributed by atoms with Crippen molar-refractivity contribution in [1.29, 1.82) is 0 Å². The molecular weight excluding hydrogens is 180 g/mol. The van der Waals surface area contributed by atoms with Gasteiger partial charge in [0.15, 0.2) is 0 Å². The van der Waals surface area contributed by atoms with Gasteiger partial charge in [0.2, 0.25) is 0 Å². The molecule has 0 aliphatic heterocycles. The molecule has 0 saturated heterocycles. The van der Waals surface area contributed by atoms with E-state index in [2.05, 4.69) is 24.5 Å². The highest BCUT2D eigenvalue weighted by Crippen LogP contribution is 2.09. The molecule has 0 radical (unpaired) electrons. The van der Waals surface area contributed by atoms with Crippen molar-refractivity contribution < 1.29 is 9.68 Å². The van der Waals surface area contributed by atoms with E-state index in [0.717, 1.165) is 12.1 Å². The van der Waals surface area contributed by atoms with Crippen LogP contribution in [0.5, 0.6) is 0 Å². The molecule has 0 aliphatic rings. The van der Waals surface area contributed by atoms with E-state index in [1.165, 1.54) is 0 Å². The Balaban J connectivity index is 3.93. The first-order valence-corrected chi connectivity index (χ1v) is 5.06. The summed E-state index contributed by atoms with van der Waals surface area (Å²) in [5.74, 6) is 0. The number of oxime groups is 1. The van der Waals surface area contributed by atoms with Crippen molar-refractivity contribution in [3.63, 3.8) is 0 Å². The SMILES string of the molecule is CCON=C(C)CC(C)(C)NOCC. The van der Waals surface area contributed by atoms with E-state index in [1.54, 1.807) is 0 Å². The summed E-state index contributed by atoms with van der Waals surface area (Å²) in [7, 11) is 0. The first-order valence-electron chi connectivity index (χ1n) is 5.06. The largest absolute Gasteiger partial charge is 0.396 e. The molecule has 0 aromatic heterocycles. The van der Waals surface area contributed by atoms with Gasteiger partial charge in [0.05, 0.1) is 12.3 Å². The van der Waals surface area contributed by atoms with Crippen molar-refractivity contribution in [2.75, 3.05) is 13.2 Å². The number of nitrogens with one attached hydrogen (secondary N) is 1. The molecule has 84 valence electrons. The normalized spacial score (nSPS) is 13.1. The topological polar surface area (TPSA) is 42.8 Å². The van der Waals surface area contributed by atoms with Crippen molar-refractivity contribution in [2.24, 2.45) is 5.16 Å². The Kier molecular flexibility index (Phi) is 6.49. The van der Waals surface area contributed by atoms with Crippen LogP contribution in [0.25, 0.3) is 0 Å². The highest BCUT2D eigenvalue weighted by atomic mass is 16.6. The zero-order valence-electron chi connectivity index (χ0n) is 9.89. The van der Waals surface area contributed by atoms with Gasteiger partial charge in [-0.3, -0.25) is 0 Å². The minimum absolute atomic E-state index is 0.110. The first-order chi connectivity index (χ1) is 6.52. The molecule has 0 fully saturated rings. The summed E-state index contributed by atoms with van der Waals surface area (Å²) in [6, 6.07) is 0. The van der Waals surface area contributed by atoms with Gasteiger partial charge in [0.1, 0.15) is 6.61 Å². The van der Waals surface area contributed by atoms with Gasteiger partial charge in [-0.25, -0.2) is 0 Å². The number of nitrogens with zero attached hydrogens (tertiary/aromatic N) is 1. The third kappa shape index (κ3) is 6.86. The van der Waals surface area contributed by atoms with Gasteiger partial charge >= 0.3 is 0 Å². The van der Waals surface area contributed by atoms with Crippen LogP contribution < -0.4 is 5.48 Å². The van der Waals surface area contributed by atoms with Crippen LogP contribution in [0, 0.1) is 0 Å². The second kappa shape index (κ2) is 6.79. The van der Waals surface area contributed by atoms with Crippen LogP contribution in [0.3, 0.4) is 0 Å². The van der Waals surface area contributed by atoms with E-state index in [9.17, 15) is 0 Å². The van der Waals surface area contributed by atoms with Crippen molar-refractivity contribution in [3.8, 4) is 0 Å². The van der Waals surface area contributed by atoms with Crippen molar-refractivity contribution >= 4 is 5.71 Å². The number of hydroxylamine groups is 1. The standard InChI is InChI=1S/C10H22N2O2/c1-6-13-11-9(3)8-10(4,5)12-14-7-2/h12H,6-8H2,1-5H3. The number of hydrogen-bond donors (Lipinski definition) is 1. The summed E-state index contributed by atoms with van der Waals surface area (Å²) in [6.45, 7) is 11.2. The van der Waals surface area contributed by atoms with Gasteiger partial charge in [-0.05, 0) is 34.6 Å². The molecule has 0 bridgehead atoms. The van der Waals surface area contributed by atoms with Gasteiger partial charge in [0, 0.05) is 12.0 Å². The lowest BCUT2D eigenvalue weighted by Gasteiger charge is -2.24. The third-order valence-electron chi connectivity index (χ3n) is 1.54. The Labute approximate surface area is 86.6 Å². The Hall–Kier alpha value is -0.610. The highest BCUT2D eigenvalue weighted by Gasteiger charge is 2.18. The van der Waals surface area contributed by atoms with Crippen LogP contribution in [-0.2, 0) is 9.68 Å². The van der Waals surface area contributed by atoms with Crippen LogP contribution in [0.2, 0.25) is 0 Å². The molecule has 4 heteroatoms. The quantitative estimate of drug-likeness (QED) is 0.508. The Morgan fingerprint density at radius 3 is 2.43 bits per heavy atom. The van der Waals surface area contributed by atoms with Crippen LogP contribution >= 0.6 is 0 Å². The summed E-state index contributed by atoms with van der Waals surface area (Å²) >= 11 is 0. The van der Waals surface area contributed by atoms with Crippen LogP contribution in [0.1, 0.15) is 41.0 Å². The predicted molar refractivity (Wildman–Crippen MR) is 58.2 cm³/mol. The summed E-state index contributed by atoms with van der Waals surface area (Å²) in [5, 5.41) is 3.96. The maximum absolute atomic E-state index is 5.16. The van der Waals surface area contributed by atoms with Crippen LogP contribution in [0.4, 0.5) is 0 Å². The monoisotopic (exact) mass is 202 g/mol. The smallest absolute Gasteiger partial charge is 0.114 e. The van der Waals surface area contributed by atoms with Crippen molar-refractivity contribution in [2.45, 2.75) is 46.6 Å². The summed E-state index contributed by atoms with van der Waals surface area (Å²) in [5.41, 5.74) is 3.83. The highest BCUT2D eigenvalue weighted by molar-refractivity contribution is 5.82. The Morgan fingerprint density at radius 2 is 1.93 bits per heavy atom. The molecular formula is C10H22N2O2. The summed E-state index contributed by atoms with van der Waals surface area (Å²) in [4.78, 5) is 10.1. The molecule has 0 spiro atoms. The minimum Gasteiger partial charge on any atom is -0.396 e. The fraction of sp³-hybridized carbons (Fsp3) is 0.900. The molecule has 0 aromatic rings. The lowest BCUT2D eigenvalue weighted by molar-refractivity contribution is -0.00230. The molecule has 0 aliphatic carbocycles. The van der Waals surface area contributed by atoms with E-state index < -0.39 is 0 Å². The second-order valence-corrected chi connectivity index (χ2v) is 3.84. The maximum Gasteiger partial charge on any atom is 0.114 e. The van der Waals surface area contributed by atoms with E-state index in [1.807, 2.05) is 20.8 Å². The molecule has 0 rings (SSSR count). The van der Waals surface area contributed by atoms with Gasteiger partial charge < -0.3 is 9.68 Å². The lowest BCUT2D eigenvalue weighted by Crippen LogP contribution is -2.40. The lowest BCUT2D eigenvalue weighted by atomic mass is 9.99. The fourth-order valence-corrected chi connectivity index (χ4v) is 1.15. The van der Waals surface area contributed by atoms with Gasteiger partial charge in [-0.2, -0.15) is 5.48 Å². The maximum atomic E-state index is 5.16. The molecule has 4 nitrogen and oxygen atoms in total. The Morgan fingerprint density at radius 1 is 1.29 bits per heavy atom. The van der Waals surface area contributed by atoms with Crippen LogP contribution in [-0.4, -0.2) is 24.5 Å². The molecule has 0 aromatic carbocycles. The van der Waals surface area contributed by atoms with E-state index in [0.29, 0.717) is 13.2 Å². The molecule has 14 heavy (non-hydrogen) atoms. The molecule has 0 saturated carbocycles. The van der Waals surface area contributed by atoms with E-state index in [-0.39, 0.29) is 5.54 Å². The fourth-order valence-electron chi connectivity index (χ4n) is 1.15. The Bertz CT molecular complexity index is 179. The minimum atomic E-state index is -0.110. The molecule has 0 heterocycles. The first kappa shape index (κ1) is 13.4. The molecule has 1 N–H and O–H groups in total. The third-order valence-corrected chi connectivity index (χ3v) is 1.54.